The Kier molecular flexibility index (Phi) is 7.28. The molecule has 3 rings (SSSR count). The van der Waals surface area contributed by atoms with Gasteiger partial charge in [0.15, 0.2) is 11.5 Å². The van der Waals surface area contributed by atoms with E-state index in [1.54, 1.807) is 28.8 Å². The molecule has 1 heterocycles. The van der Waals surface area contributed by atoms with E-state index in [0.717, 1.165) is 5.56 Å². The number of amides is 2. The highest BCUT2D eigenvalue weighted by Gasteiger charge is 2.35. The third kappa shape index (κ3) is 4.97. The lowest BCUT2D eigenvalue weighted by Gasteiger charge is -2.24. The van der Waals surface area contributed by atoms with Crippen LogP contribution >= 0.6 is 23.4 Å². The van der Waals surface area contributed by atoms with Crippen LogP contribution in [0.15, 0.2) is 42.5 Å². The molecule has 6 nitrogen and oxygen atoms in total. The van der Waals surface area contributed by atoms with Crippen molar-refractivity contribution in [3.63, 3.8) is 0 Å². The Morgan fingerprint density at radius 3 is 2.72 bits per heavy atom. The molecule has 0 spiro atoms. The van der Waals surface area contributed by atoms with Crippen LogP contribution in [0.4, 0.5) is 0 Å². The van der Waals surface area contributed by atoms with Crippen molar-refractivity contribution in [2.75, 3.05) is 25.3 Å². The summed E-state index contributed by atoms with van der Waals surface area (Å²) in [5.74, 6) is 1.35. The van der Waals surface area contributed by atoms with Crippen LogP contribution in [0.1, 0.15) is 22.8 Å². The molecule has 0 unspecified atom stereocenters. The molecular formula is C21H23ClN2O4S. The fourth-order valence-corrected chi connectivity index (χ4v) is 4.48. The van der Waals surface area contributed by atoms with Crippen molar-refractivity contribution in [1.82, 2.24) is 10.2 Å². The first kappa shape index (κ1) is 21.3. The molecule has 1 atom stereocenters. The normalized spacial score (nSPS) is 15.8. The summed E-state index contributed by atoms with van der Waals surface area (Å²) in [6.45, 7) is 2.69. The number of carbonyl (C=O) groups is 2. The number of methoxy groups -OCH3 is 1. The lowest BCUT2D eigenvalue weighted by atomic mass is 10.1. The van der Waals surface area contributed by atoms with Crippen LogP contribution in [0.5, 0.6) is 11.5 Å². The van der Waals surface area contributed by atoms with Crippen LogP contribution in [0.3, 0.4) is 0 Å². The van der Waals surface area contributed by atoms with Gasteiger partial charge in [-0.1, -0.05) is 41.9 Å². The number of nitrogens with one attached hydrogen (secondary N) is 1. The second-order valence-corrected chi connectivity index (χ2v) is 7.82. The van der Waals surface area contributed by atoms with Gasteiger partial charge in [0.25, 0.3) is 5.91 Å². The predicted octanol–water partition coefficient (Wildman–Crippen LogP) is 3.58. The first-order valence-electron chi connectivity index (χ1n) is 9.25. The van der Waals surface area contributed by atoms with Gasteiger partial charge in [-0.15, -0.1) is 11.8 Å². The molecule has 1 aliphatic heterocycles. The number of nitrogens with zero attached hydrogens (tertiary/aromatic N) is 1. The smallest absolute Gasteiger partial charge is 0.255 e. The Morgan fingerprint density at radius 2 is 2.03 bits per heavy atom. The fraction of sp³-hybridized carbons (Fsp3) is 0.333. The summed E-state index contributed by atoms with van der Waals surface area (Å²) < 4.78 is 10.8. The van der Waals surface area contributed by atoms with Crippen LogP contribution in [0, 0.1) is 0 Å². The summed E-state index contributed by atoms with van der Waals surface area (Å²) >= 11 is 7.84. The van der Waals surface area contributed by atoms with E-state index >= 15 is 0 Å². The summed E-state index contributed by atoms with van der Waals surface area (Å²) in [5.41, 5.74) is 1.37. The molecule has 2 amide bonds. The summed E-state index contributed by atoms with van der Waals surface area (Å²) in [5, 5.41) is 3.22. The van der Waals surface area contributed by atoms with Crippen molar-refractivity contribution in [3.05, 3.63) is 58.6 Å². The van der Waals surface area contributed by atoms with E-state index in [0.29, 0.717) is 46.9 Å². The van der Waals surface area contributed by atoms with Crippen LogP contribution < -0.4 is 14.8 Å². The van der Waals surface area contributed by atoms with E-state index in [1.807, 2.05) is 37.3 Å². The maximum atomic E-state index is 13.1. The molecule has 2 aromatic rings. The van der Waals surface area contributed by atoms with Gasteiger partial charge in [0.1, 0.15) is 6.04 Å². The van der Waals surface area contributed by atoms with Crippen molar-refractivity contribution in [2.24, 2.45) is 0 Å². The van der Waals surface area contributed by atoms with Crippen LogP contribution in [0.2, 0.25) is 5.02 Å². The van der Waals surface area contributed by atoms with Gasteiger partial charge >= 0.3 is 0 Å². The third-order valence-electron chi connectivity index (χ3n) is 4.52. The zero-order valence-corrected chi connectivity index (χ0v) is 17.9. The summed E-state index contributed by atoms with van der Waals surface area (Å²) in [6.07, 6.45) is 0. The largest absolute Gasteiger partial charge is 0.493 e. The molecule has 1 aliphatic rings. The van der Waals surface area contributed by atoms with Gasteiger partial charge in [0.2, 0.25) is 5.91 Å². The Morgan fingerprint density at radius 1 is 1.28 bits per heavy atom. The lowest BCUT2D eigenvalue weighted by Crippen LogP contribution is -2.47. The second kappa shape index (κ2) is 9.89. The minimum atomic E-state index is -0.535. The van der Waals surface area contributed by atoms with Gasteiger partial charge in [0, 0.05) is 17.9 Å². The highest BCUT2D eigenvalue weighted by atomic mass is 35.5. The Balaban J connectivity index is 1.74. The van der Waals surface area contributed by atoms with Crippen LogP contribution in [-0.4, -0.2) is 48.1 Å². The van der Waals surface area contributed by atoms with Crippen molar-refractivity contribution < 1.29 is 19.1 Å². The van der Waals surface area contributed by atoms with Crippen LogP contribution in [-0.2, 0) is 11.3 Å². The molecule has 0 saturated carbocycles. The van der Waals surface area contributed by atoms with Crippen molar-refractivity contribution >= 4 is 35.2 Å². The quantitative estimate of drug-likeness (QED) is 0.721. The maximum Gasteiger partial charge on any atom is 0.255 e. The van der Waals surface area contributed by atoms with Gasteiger partial charge in [-0.3, -0.25) is 9.59 Å². The van der Waals surface area contributed by atoms with E-state index in [2.05, 4.69) is 5.32 Å². The molecule has 1 fully saturated rings. The predicted molar refractivity (Wildman–Crippen MR) is 115 cm³/mol. The van der Waals surface area contributed by atoms with Gasteiger partial charge in [-0.05, 0) is 24.6 Å². The lowest BCUT2D eigenvalue weighted by molar-refractivity contribution is -0.124. The average Bonchev–Trinajstić information content (AvgIpc) is 3.23. The molecule has 0 bridgehead atoms. The summed E-state index contributed by atoms with van der Waals surface area (Å²) in [7, 11) is 1.49. The summed E-state index contributed by atoms with van der Waals surface area (Å²) in [4.78, 5) is 27.4. The molecular weight excluding hydrogens is 412 g/mol. The zero-order valence-electron chi connectivity index (χ0n) is 16.3. The molecule has 8 heteroatoms. The number of ether oxygens (including phenoxy) is 2. The third-order valence-corrected chi connectivity index (χ3v) is 5.81. The van der Waals surface area contributed by atoms with Crippen molar-refractivity contribution in [3.8, 4) is 11.5 Å². The number of thioether (sulfide) groups is 1. The van der Waals surface area contributed by atoms with Gasteiger partial charge in [-0.25, -0.2) is 0 Å². The average molecular weight is 435 g/mol. The Labute approximate surface area is 179 Å². The highest BCUT2D eigenvalue weighted by Crippen LogP contribution is 2.37. The molecule has 154 valence electrons. The van der Waals surface area contributed by atoms with Crippen molar-refractivity contribution in [1.29, 1.82) is 0 Å². The molecule has 29 heavy (non-hydrogen) atoms. The number of halogens is 1. The molecule has 1 N–H and O–H groups in total. The first-order valence-corrected chi connectivity index (χ1v) is 10.8. The van der Waals surface area contributed by atoms with Gasteiger partial charge < -0.3 is 19.7 Å². The summed E-state index contributed by atoms with van der Waals surface area (Å²) in [6, 6.07) is 12.3. The number of rotatable bonds is 7. The van der Waals surface area contributed by atoms with E-state index in [9.17, 15) is 9.59 Å². The fourth-order valence-electron chi connectivity index (χ4n) is 3.06. The molecule has 0 radical (unpaired) electrons. The molecule has 1 saturated heterocycles. The number of benzene rings is 2. The standard InChI is InChI=1S/C21H23ClN2O4S/c1-3-28-19-16(22)9-15(10-18(19)27-2)21(26)24-13-29-12-17(24)20(25)23-11-14-7-5-4-6-8-14/h4-10,17H,3,11-13H2,1-2H3,(H,23,25)/t17-/m1/s1. The van der Waals surface area contributed by atoms with Crippen LogP contribution in [0.25, 0.3) is 0 Å². The first-order chi connectivity index (χ1) is 14.0. The molecule has 2 aromatic carbocycles. The number of hydrogen-bond acceptors (Lipinski definition) is 5. The van der Waals surface area contributed by atoms with E-state index in [-0.39, 0.29) is 11.8 Å². The van der Waals surface area contributed by atoms with Gasteiger partial charge in [0.05, 0.1) is 24.6 Å². The van der Waals surface area contributed by atoms with Crippen molar-refractivity contribution in [2.45, 2.75) is 19.5 Å². The van der Waals surface area contributed by atoms with Gasteiger partial charge in [-0.2, -0.15) is 0 Å². The Hall–Kier alpha value is -2.38. The number of hydrogen-bond donors (Lipinski definition) is 1. The Bertz CT molecular complexity index is 878. The second-order valence-electron chi connectivity index (χ2n) is 6.42. The zero-order chi connectivity index (χ0) is 20.8. The maximum absolute atomic E-state index is 13.1. The molecule has 0 aliphatic carbocycles. The topological polar surface area (TPSA) is 67.9 Å². The van der Waals surface area contributed by atoms with E-state index in [1.165, 1.54) is 7.11 Å². The molecule has 0 aromatic heterocycles. The SMILES string of the molecule is CCOc1c(Cl)cc(C(=O)N2CSC[C@@H]2C(=O)NCc2ccccc2)cc1OC. The van der Waals surface area contributed by atoms with E-state index < -0.39 is 6.04 Å². The van der Waals surface area contributed by atoms with E-state index in [4.69, 9.17) is 21.1 Å². The highest BCUT2D eigenvalue weighted by molar-refractivity contribution is 7.99. The minimum Gasteiger partial charge on any atom is -0.493 e. The minimum absolute atomic E-state index is 0.170. The number of carbonyl (C=O) groups excluding carboxylic acids is 2. The monoisotopic (exact) mass is 434 g/mol.